The number of carboxylic acid groups (broad SMARTS) is 1. The van der Waals surface area contributed by atoms with Crippen LogP contribution in [0.3, 0.4) is 0 Å². The van der Waals surface area contributed by atoms with Gasteiger partial charge in [0.15, 0.2) is 0 Å². The van der Waals surface area contributed by atoms with E-state index in [0.29, 0.717) is 32.0 Å². The van der Waals surface area contributed by atoms with Gasteiger partial charge in [0.05, 0.1) is 5.84 Å². The van der Waals surface area contributed by atoms with Gasteiger partial charge in [0.1, 0.15) is 0 Å². The van der Waals surface area contributed by atoms with E-state index in [2.05, 4.69) is 0 Å². The average Bonchev–Trinajstić information content (AvgIpc) is 2.16. The second kappa shape index (κ2) is 4.30. The van der Waals surface area contributed by atoms with Crippen LogP contribution in [0.2, 0.25) is 0 Å². The Hall–Kier alpha value is -1.26. The molecule has 1 aliphatic heterocycles. The third kappa shape index (κ3) is 2.37. The minimum atomic E-state index is -0.860. The molecule has 1 amide bonds. The SMILES string of the molecule is CC(C)C(=N)N1CCN(C(=O)O)CC1. The van der Waals surface area contributed by atoms with Crippen molar-refractivity contribution in [3.05, 3.63) is 0 Å². The summed E-state index contributed by atoms with van der Waals surface area (Å²) in [6.45, 7) is 6.25. The highest BCUT2D eigenvalue weighted by Crippen LogP contribution is 2.07. The van der Waals surface area contributed by atoms with Crippen molar-refractivity contribution in [3.63, 3.8) is 0 Å². The van der Waals surface area contributed by atoms with E-state index in [-0.39, 0.29) is 5.92 Å². The fourth-order valence-electron chi connectivity index (χ4n) is 1.50. The van der Waals surface area contributed by atoms with Gasteiger partial charge in [0.25, 0.3) is 0 Å². The summed E-state index contributed by atoms with van der Waals surface area (Å²) in [6.07, 6.45) is -0.860. The van der Waals surface area contributed by atoms with Crippen molar-refractivity contribution in [2.24, 2.45) is 5.92 Å². The predicted molar refractivity (Wildman–Crippen MR) is 53.7 cm³/mol. The molecule has 14 heavy (non-hydrogen) atoms. The standard InChI is InChI=1S/C9H17N3O2/c1-7(2)8(10)11-3-5-12(6-4-11)9(13)14/h7,10H,3-6H2,1-2H3,(H,13,14). The minimum absolute atomic E-state index is 0.214. The molecule has 0 atom stereocenters. The lowest BCUT2D eigenvalue weighted by Crippen LogP contribution is -2.51. The van der Waals surface area contributed by atoms with Crippen molar-refractivity contribution in [1.29, 1.82) is 5.41 Å². The Kier molecular flexibility index (Phi) is 3.33. The predicted octanol–water partition coefficient (Wildman–Crippen LogP) is 0.915. The van der Waals surface area contributed by atoms with Gasteiger partial charge in [-0.25, -0.2) is 4.79 Å². The summed E-state index contributed by atoms with van der Waals surface area (Å²) in [5.41, 5.74) is 0. The molecule has 1 aliphatic rings. The Morgan fingerprint density at radius 2 is 1.64 bits per heavy atom. The number of amidine groups is 1. The van der Waals surface area contributed by atoms with Crippen LogP contribution < -0.4 is 0 Å². The Balaban J connectivity index is 2.43. The lowest BCUT2D eigenvalue weighted by Gasteiger charge is -2.35. The van der Waals surface area contributed by atoms with Crippen molar-refractivity contribution >= 4 is 11.9 Å². The van der Waals surface area contributed by atoms with Gasteiger partial charge in [-0.3, -0.25) is 5.41 Å². The minimum Gasteiger partial charge on any atom is -0.465 e. The van der Waals surface area contributed by atoms with Gasteiger partial charge in [0.2, 0.25) is 0 Å². The van der Waals surface area contributed by atoms with Crippen molar-refractivity contribution in [3.8, 4) is 0 Å². The number of hydrogen-bond acceptors (Lipinski definition) is 2. The number of amides is 1. The molecular weight excluding hydrogens is 182 g/mol. The zero-order chi connectivity index (χ0) is 10.7. The van der Waals surface area contributed by atoms with Crippen LogP contribution in [-0.2, 0) is 0 Å². The highest BCUT2D eigenvalue weighted by molar-refractivity contribution is 5.81. The first-order chi connectivity index (χ1) is 6.52. The summed E-state index contributed by atoms with van der Waals surface area (Å²) in [5, 5.41) is 16.5. The highest BCUT2D eigenvalue weighted by atomic mass is 16.4. The molecule has 0 spiro atoms. The van der Waals surface area contributed by atoms with E-state index in [0.717, 1.165) is 0 Å². The van der Waals surface area contributed by atoms with Gasteiger partial charge in [-0.1, -0.05) is 13.8 Å². The molecule has 1 heterocycles. The number of carbonyl (C=O) groups is 1. The topological polar surface area (TPSA) is 67.6 Å². The first-order valence-electron chi connectivity index (χ1n) is 4.83. The molecule has 0 aromatic heterocycles. The monoisotopic (exact) mass is 199 g/mol. The zero-order valence-corrected chi connectivity index (χ0v) is 8.66. The van der Waals surface area contributed by atoms with Crippen molar-refractivity contribution < 1.29 is 9.90 Å². The number of piperazine rings is 1. The van der Waals surface area contributed by atoms with Crippen LogP contribution in [0.4, 0.5) is 4.79 Å². The van der Waals surface area contributed by atoms with Crippen LogP contribution in [0.5, 0.6) is 0 Å². The van der Waals surface area contributed by atoms with Crippen LogP contribution >= 0.6 is 0 Å². The quantitative estimate of drug-likeness (QED) is 0.487. The van der Waals surface area contributed by atoms with E-state index in [1.807, 2.05) is 18.7 Å². The van der Waals surface area contributed by atoms with Gasteiger partial charge >= 0.3 is 6.09 Å². The molecule has 0 radical (unpaired) electrons. The maximum absolute atomic E-state index is 10.6. The van der Waals surface area contributed by atoms with E-state index < -0.39 is 6.09 Å². The Morgan fingerprint density at radius 1 is 1.21 bits per heavy atom. The largest absolute Gasteiger partial charge is 0.465 e. The fourth-order valence-corrected chi connectivity index (χ4v) is 1.50. The maximum Gasteiger partial charge on any atom is 0.407 e. The number of nitrogens with one attached hydrogen (secondary N) is 1. The van der Waals surface area contributed by atoms with Crippen LogP contribution in [0.1, 0.15) is 13.8 Å². The van der Waals surface area contributed by atoms with Gasteiger partial charge in [-0.2, -0.15) is 0 Å². The number of hydrogen-bond donors (Lipinski definition) is 2. The molecular formula is C9H17N3O2. The summed E-state index contributed by atoms with van der Waals surface area (Å²) < 4.78 is 0. The molecule has 0 aromatic carbocycles. The summed E-state index contributed by atoms with van der Waals surface area (Å²) in [4.78, 5) is 14.0. The van der Waals surface area contributed by atoms with E-state index in [9.17, 15) is 4.79 Å². The molecule has 0 aromatic rings. The summed E-state index contributed by atoms with van der Waals surface area (Å²) in [7, 11) is 0. The van der Waals surface area contributed by atoms with Crippen molar-refractivity contribution in [2.45, 2.75) is 13.8 Å². The molecule has 5 heteroatoms. The summed E-state index contributed by atoms with van der Waals surface area (Å²) in [6, 6.07) is 0. The number of nitrogens with zero attached hydrogens (tertiary/aromatic N) is 2. The average molecular weight is 199 g/mol. The lowest BCUT2D eigenvalue weighted by molar-refractivity contribution is 0.123. The van der Waals surface area contributed by atoms with Crippen molar-refractivity contribution in [1.82, 2.24) is 9.80 Å². The Morgan fingerprint density at radius 3 is 2.00 bits per heavy atom. The first-order valence-corrected chi connectivity index (χ1v) is 4.83. The van der Waals surface area contributed by atoms with E-state index in [1.54, 1.807) is 0 Å². The molecule has 1 saturated heterocycles. The molecule has 1 rings (SSSR count). The third-order valence-corrected chi connectivity index (χ3v) is 2.44. The first kappa shape index (κ1) is 10.8. The molecule has 0 aliphatic carbocycles. The van der Waals surface area contributed by atoms with Gasteiger partial charge in [-0.15, -0.1) is 0 Å². The molecule has 80 valence electrons. The summed E-state index contributed by atoms with van der Waals surface area (Å²) >= 11 is 0. The molecule has 0 unspecified atom stereocenters. The van der Waals surface area contributed by atoms with Gasteiger partial charge in [-0.05, 0) is 0 Å². The van der Waals surface area contributed by atoms with Crippen LogP contribution in [-0.4, -0.2) is 53.0 Å². The third-order valence-electron chi connectivity index (χ3n) is 2.44. The second-order valence-electron chi connectivity index (χ2n) is 3.80. The van der Waals surface area contributed by atoms with Crippen LogP contribution in [0, 0.1) is 11.3 Å². The van der Waals surface area contributed by atoms with Crippen molar-refractivity contribution in [2.75, 3.05) is 26.2 Å². The normalized spacial score (nSPS) is 17.4. The van der Waals surface area contributed by atoms with E-state index >= 15 is 0 Å². The highest BCUT2D eigenvalue weighted by Gasteiger charge is 2.22. The molecule has 2 N–H and O–H groups in total. The molecule has 1 fully saturated rings. The second-order valence-corrected chi connectivity index (χ2v) is 3.80. The lowest BCUT2D eigenvalue weighted by atomic mass is 10.1. The molecule has 5 nitrogen and oxygen atoms in total. The molecule has 0 bridgehead atoms. The van der Waals surface area contributed by atoms with Crippen LogP contribution in [0.25, 0.3) is 0 Å². The Bertz CT molecular complexity index is 232. The van der Waals surface area contributed by atoms with Gasteiger partial charge < -0.3 is 14.9 Å². The maximum atomic E-state index is 10.6. The van der Waals surface area contributed by atoms with E-state index in [4.69, 9.17) is 10.5 Å². The van der Waals surface area contributed by atoms with Crippen LogP contribution in [0.15, 0.2) is 0 Å². The fraction of sp³-hybridized carbons (Fsp3) is 0.778. The van der Waals surface area contributed by atoms with E-state index in [1.165, 1.54) is 4.90 Å². The Labute approximate surface area is 83.8 Å². The smallest absolute Gasteiger partial charge is 0.407 e. The zero-order valence-electron chi connectivity index (χ0n) is 8.66. The molecule has 0 saturated carbocycles. The summed E-state index contributed by atoms with van der Waals surface area (Å²) in [5.74, 6) is 0.821. The number of rotatable bonds is 1. The van der Waals surface area contributed by atoms with Gasteiger partial charge in [0, 0.05) is 32.1 Å².